The topological polar surface area (TPSA) is 32.7 Å². The van der Waals surface area contributed by atoms with Crippen molar-refractivity contribution in [3.8, 4) is 0 Å². The van der Waals surface area contributed by atoms with E-state index in [9.17, 15) is 5.11 Å². The molecule has 0 saturated heterocycles. The number of rotatable bonds is 7. The summed E-state index contributed by atoms with van der Waals surface area (Å²) in [6.45, 7) is 12.7. The molecule has 1 N–H and O–H groups in total. The van der Waals surface area contributed by atoms with Crippen LogP contribution >= 0.6 is 0 Å². The second-order valence-electron chi connectivity index (χ2n) is 8.97. The Morgan fingerprint density at radius 3 is 2.30 bits per heavy atom. The molecule has 30 heavy (non-hydrogen) atoms. The van der Waals surface area contributed by atoms with Crippen LogP contribution in [0.2, 0.25) is 0 Å². The van der Waals surface area contributed by atoms with Gasteiger partial charge >= 0.3 is 0 Å². The van der Waals surface area contributed by atoms with Gasteiger partial charge in [-0.1, -0.05) is 79.6 Å². The van der Waals surface area contributed by atoms with Crippen molar-refractivity contribution >= 4 is 5.57 Å². The lowest BCUT2D eigenvalue weighted by Crippen LogP contribution is -2.39. The first-order valence-electron chi connectivity index (χ1n) is 10.9. The first-order chi connectivity index (χ1) is 14.2. The number of benzene rings is 2. The number of hydrogen-bond donors (Lipinski definition) is 1. The molecule has 3 heteroatoms. The van der Waals surface area contributed by atoms with Crippen LogP contribution in [0.25, 0.3) is 5.57 Å². The Balaban J connectivity index is 1.96. The van der Waals surface area contributed by atoms with Crippen LogP contribution in [0.15, 0.2) is 60.8 Å². The quantitative estimate of drug-likeness (QED) is 0.549. The van der Waals surface area contributed by atoms with Gasteiger partial charge in [-0.25, -0.2) is 0 Å². The van der Waals surface area contributed by atoms with Gasteiger partial charge in [0.05, 0.1) is 12.1 Å². The molecule has 0 amide bonds. The molecule has 0 aliphatic carbocycles. The van der Waals surface area contributed by atoms with Crippen LogP contribution in [0.4, 0.5) is 0 Å². The van der Waals surface area contributed by atoms with E-state index in [2.05, 4.69) is 77.1 Å². The highest BCUT2D eigenvalue weighted by atomic mass is 16.6. The molecule has 0 saturated carbocycles. The maximum Gasteiger partial charge on any atom is 0.238 e. The van der Waals surface area contributed by atoms with Gasteiger partial charge in [0, 0.05) is 6.20 Å². The first-order valence-corrected chi connectivity index (χ1v) is 10.9. The summed E-state index contributed by atoms with van der Waals surface area (Å²) in [6, 6.07) is 14.8. The molecule has 1 aliphatic rings. The third-order valence-electron chi connectivity index (χ3n) is 5.54. The minimum Gasteiger partial charge on any atom is -0.351 e. The maximum absolute atomic E-state index is 11.1. The van der Waals surface area contributed by atoms with E-state index in [1.165, 1.54) is 22.3 Å². The third kappa shape index (κ3) is 5.41. The molecule has 1 aliphatic heterocycles. The predicted octanol–water partition coefficient (Wildman–Crippen LogP) is 6.29. The number of hydrogen-bond acceptors (Lipinski definition) is 3. The predicted molar refractivity (Wildman–Crippen MR) is 125 cm³/mol. The largest absolute Gasteiger partial charge is 0.351 e. The van der Waals surface area contributed by atoms with Crippen molar-refractivity contribution in [1.29, 1.82) is 0 Å². The van der Waals surface area contributed by atoms with Crippen molar-refractivity contribution in [2.24, 2.45) is 5.92 Å². The number of ether oxygens (including phenoxy) is 1. The highest BCUT2D eigenvalue weighted by Gasteiger charge is 2.28. The monoisotopic (exact) mass is 405 g/mol. The van der Waals surface area contributed by atoms with Crippen molar-refractivity contribution in [3.63, 3.8) is 0 Å². The average molecular weight is 406 g/mol. The third-order valence-corrected chi connectivity index (χ3v) is 5.54. The van der Waals surface area contributed by atoms with Crippen molar-refractivity contribution in [1.82, 2.24) is 4.90 Å². The minimum absolute atomic E-state index is 0.0264. The number of nitrogens with zero attached hydrogens (tertiary/aromatic N) is 1. The fraction of sp³-hybridized carbons (Fsp3) is 0.407. The zero-order valence-electron chi connectivity index (χ0n) is 19.1. The molecule has 2 aromatic carbocycles. The molecule has 0 radical (unpaired) electrons. The molecule has 3 unspecified atom stereocenters. The summed E-state index contributed by atoms with van der Waals surface area (Å²) in [6.07, 6.45) is 6.22. The Bertz CT molecular complexity index is 908. The molecular weight excluding hydrogens is 370 g/mol. The standard InChI is InChI=1S/C27H35NO2/c1-18(2)13-22(6)30-27(29)28-17-23(24-15-19(3)14-20(4)16-24)11-12-26(28)25-10-8-7-9-21(25)5/h7-12,14-18,22,26-27,29H,13H2,1-6H3. The second kappa shape index (κ2) is 9.63. The SMILES string of the molecule is Cc1cc(C)cc(C2=CN(C(O)OC(C)CC(C)C)C(c3ccccc3C)C=C2)c1. The summed E-state index contributed by atoms with van der Waals surface area (Å²) in [4.78, 5) is 1.94. The van der Waals surface area contributed by atoms with E-state index in [1.54, 1.807) is 0 Å². The van der Waals surface area contributed by atoms with Crippen molar-refractivity contribution in [2.75, 3.05) is 0 Å². The molecule has 3 atom stereocenters. The first kappa shape index (κ1) is 22.3. The summed E-state index contributed by atoms with van der Waals surface area (Å²) >= 11 is 0. The molecule has 1 heterocycles. The van der Waals surface area contributed by atoms with Crippen molar-refractivity contribution in [3.05, 3.63) is 88.6 Å². The zero-order valence-corrected chi connectivity index (χ0v) is 19.1. The van der Waals surface area contributed by atoms with Crippen LogP contribution in [0.5, 0.6) is 0 Å². The Morgan fingerprint density at radius 2 is 1.67 bits per heavy atom. The van der Waals surface area contributed by atoms with Gasteiger partial charge in [-0.15, -0.1) is 0 Å². The van der Waals surface area contributed by atoms with Gasteiger partial charge in [0.1, 0.15) is 0 Å². The summed E-state index contributed by atoms with van der Waals surface area (Å²) in [5, 5.41) is 11.1. The molecule has 0 aromatic heterocycles. The van der Waals surface area contributed by atoms with Gasteiger partial charge < -0.3 is 14.7 Å². The van der Waals surface area contributed by atoms with Gasteiger partial charge in [0.15, 0.2) is 0 Å². The van der Waals surface area contributed by atoms with E-state index in [0.717, 1.165) is 17.6 Å². The van der Waals surface area contributed by atoms with Gasteiger partial charge in [-0.05, 0) is 62.3 Å². The normalized spacial score (nSPS) is 18.5. The van der Waals surface area contributed by atoms with Crippen LogP contribution < -0.4 is 0 Å². The van der Waals surface area contributed by atoms with Gasteiger partial charge in [-0.3, -0.25) is 0 Å². The molecule has 3 nitrogen and oxygen atoms in total. The Labute approximate surface area is 181 Å². The summed E-state index contributed by atoms with van der Waals surface area (Å²) in [5.41, 5.74) is 7.06. The summed E-state index contributed by atoms with van der Waals surface area (Å²) < 4.78 is 6.03. The minimum atomic E-state index is -1.02. The van der Waals surface area contributed by atoms with E-state index >= 15 is 0 Å². The van der Waals surface area contributed by atoms with E-state index in [0.29, 0.717) is 5.92 Å². The van der Waals surface area contributed by atoms with Crippen molar-refractivity contribution in [2.45, 2.75) is 66.5 Å². The lowest BCUT2D eigenvalue weighted by Gasteiger charge is -2.37. The smallest absolute Gasteiger partial charge is 0.238 e. The Hall–Kier alpha value is -2.36. The lowest BCUT2D eigenvalue weighted by atomic mass is 9.94. The molecule has 3 rings (SSSR count). The highest BCUT2D eigenvalue weighted by molar-refractivity contribution is 5.75. The van der Waals surface area contributed by atoms with Crippen LogP contribution in [-0.4, -0.2) is 22.5 Å². The maximum atomic E-state index is 11.1. The van der Waals surface area contributed by atoms with E-state index in [4.69, 9.17) is 4.74 Å². The number of allylic oxidation sites excluding steroid dienone is 2. The van der Waals surface area contributed by atoms with E-state index in [-0.39, 0.29) is 12.1 Å². The van der Waals surface area contributed by atoms with Crippen molar-refractivity contribution < 1.29 is 9.84 Å². The van der Waals surface area contributed by atoms with Gasteiger partial charge in [0.25, 0.3) is 0 Å². The molecule has 160 valence electrons. The summed E-state index contributed by atoms with van der Waals surface area (Å²) in [5.74, 6) is 0.516. The Morgan fingerprint density at radius 1 is 1.00 bits per heavy atom. The second-order valence-corrected chi connectivity index (χ2v) is 8.97. The van der Waals surface area contributed by atoms with Gasteiger partial charge in [0.2, 0.25) is 6.41 Å². The zero-order chi connectivity index (χ0) is 21.8. The molecule has 2 aromatic rings. The van der Waals surface area contributed by atoms with Gasteiger partial charge in [-0.2, -0.15) is 0 Å². The van der Waals surface area contributed by atoms with Crippen LogP contribution in [0.3, 0.4) is 0 Å². The average Bonchev–Trinajstić information content (AvgIpc) is 2.66. The fourth-order valence-corrected chi connectivity index (χ4v) is 4.27. The van der Waals surface area contributed by atoms with Crippen LogP contribution in [-0.2, 0) is 4.74 Å². The summed E-state index contributed by atoms with van der Waals surface area (Å²) in [7, 11) is 0. The van der Waals surface area contributed by atoms with Crippen LogP contribution in [0, 0.1) is 26.7 Å². The highest BCUT2D eigenvalue weighted by Crippen LogP contribution is 2.34. The molecule has 0 bridgehead atoms. The Kier molecular flexibility index (Phi) is 7.17. The van der Waals surface area contributed by atoms with E-state index < -0.39 is 6.41 Å². The number of aryl methyl sites for hydroxylation is 3. The lowest BCUT2D eigenvalue weighted by molar-refractivity contribution is -0.209. The molecular formula is C27H35NO2. The fourth-order valence-electron chi connectivity index (χ4n) is 4.27. The van der Waals surface area contributed by atoms with E-state index in [1.807, 2.05) is 30.2 Å². The number of aliphatic hydroxyl groups is 1. The molecule has 0 fully saturated rings. The van der Waals surface area contributed by atoms with Crippen LogP contribution in [0.1, 0.15) is 61.1 Å². The molecule has 0 spiro atoms. The number of aliphatic hydroxyl groups excluding tert-OH is 1.